The fourth-order valence-electron chi connectivity index (χ4n) is 2.90. The predicted molar refractivity (Wildman–Crippen MR) is 81.0 cm³/mol. The maximum absolute atomic E-state index is 3.59. The summed E-state index contributed by atoms with van der Waals surface area (Å²) >= 11 is 3.59. The molecule has 1 aliphatic heterocycles. The fourth-order valence-corrected chi connectivity index (χ4v) is 3.32. The van der Waals surface area contributed by atoms with Gasteiger partial charge in [-0.3, -0.25) is 0 Å². The van der Waals surface area contributed by atoms with E-state index in [-0.39, 0.29) is 0 Å². The van der Waals surface area contributed by atoms with E-state index < -0.39 is 0 Å². The first-order chi connectivity index (χ1) is 8.66. The number of rotatable bonds is 4. The summed E-state index contributed by atoms with van der Waals surface area (Å²) in [6, 6.07) is 8.83. The van der Waals surface area contributed by atoms with Gasteiger partial charge in [0.2, 0.25) is 0 Å². The second-order valence-electron chi connectivity index (χ2n) is 5.51. The Morgan fingerprint density at radius 3 is 2.67 bits per heavy atom. The lowest BCUT2D eigenvalue weighted by Crippen LogP contribution is -2.34. The van der Waals surface area contributed by atoms with Crippen LogP contribution in [0, 0.1) is 5.92 Å². The molecule has 3 heteroatoms. The van der Waals surface area contributed by atoms with E-state index in [2.05, 4.69) is 64.5 Å². The Labute approximate surface area is 119 Å². The van der Waals surface area contributed by atoms with Crippen LogP contribution >= 0.6 is 15.9 Å². The van der Waals surface area contributed by atoms with Crippen LogP contribution in [0.3, 0.4) is 0 Å². The second-order valence-corrected chi connectivity index (χ2v) is 6.43. The Hall–Kier alpha value is -0.380. The first-order valence-electron chi connectivity index (χ1n) is 6.77. The molecule has 0 spiro atoms. The monoisotopic (exact) mass is 310 g/mol. The highest BCUT2D eigenvalue weighted by atomic mass is 79.9. The Morgan fingerprint density at radius 1 is 1.33 bits per heavy atom. The molecule has 18 heavy (non-hydrogen) atoms. The van der Waals surface area contributed by atoms with E-state index in [0.29, 0.717) is 5.92 Å². The van der Waals surface area contributed by atoms with E-state index in [9.17, 15) is 0 Å². The van der Waals surface area contributed by atoms with Crippen molar-refractivity contribution in [2.24, 2.45) is 5.92 Å². The maximum atomic E-state index is 3.59. The van der Waals surface area contributed by atoms with Gasteiger partial charge >= 0.3 is 0 Å². The molecule has 1 heterocycles. The normalized spacial score (nSPS) is 19.1. The van der Waals surface area contributed by atoms with Crippen LogP contribution in [0.1, 0.15) is 24.3 Å². The number of nitrogens with zero attached hydrogens (tertiary/aromatic N) is 1. The van der Waals surface area contributed by atoms with Crippen LogP contribution in [0.5, 0.6) is 0 Å². The Morgan fingerprint density at radius 2 is 2.06 bits per heavy atom. The minimum absolute atomic E-state index is 0.652. The molecule has 1 saturated heterocycles. The number of nitrogens with one attached hydrogen (secondary N) is 1. The van der Waals surface area contributed by atoms with Gasteiger partial charge in [0.15, 0.2) is 0 Å². The first-order valence-corrected chi connectivity index (χ1v) is 7.57. The molecular formula is C15H23BrN2. The summed E-state index contributed by atoms with van der Waals surface area (Å²) in [5, 5.41) is 3.46. The average Bonchev–Trinajstić information content (AvgIpc) is 2.37. The van der Waals surface area contributed by atoms with Crippen LogP contribution in [0.25, 0.3) is 0 Å². The molecule has 1 fully saturated rings. The summed E-state index contributed by atoms with van der Waals surface area (Å²) in [5.74, 6) is 1.46. The van der Waals surface area contributed by atoms with E-state index in [4.69, 9.17) is 0 Å². The first kappa shape index (κ1) is 14.0. The molecule has 2 nitrogen and oxygen atoms in total. The molecule has 0 aromatic heterocycles. The van der Waals surface area contributed by atoms with Crippen molar-refractivity contribution in [3.8, 4) is 0 Å². The molecule has 2 rings (SSSR count). The predicted octanol–water partition coefficient (Wildman–Crippen LogP) is 3.09. The molecule has 0 amide bonds. The van der Waals surface area contributed by atoms with E-state index in [1.54, 1.807) is 0 Å². The van der Waals surface area contributed by atoms with Crippen molar-refractivity contribution in [3.63, 3.8) is 0 Å². The van der Waals surface area contributed by atoms with E-state index in [0.717, 1.165) is 12.5 Å². The van der Waals surface area contributed by atoms with Crippen molar-refractivity contribution >= 4 is 15.9 Å². The molecular weight excluding hydrogens is 288 g/mol. The molecule has 1 atom stereocenters. The van der Waals surface area contributed by atoms with Crippen molar-refractivity contribution in [3.05, 3.63) is 34.3 Å². The smallest absolute Gasteiger partial charge is 0.0178 e. The zero-order valence-electron chi connectivity index (χ0n) is 11.3. The topological polar surface area (TPSA) is 15.3 Å². The van der Waals surface area contributed by atoms with E-state index in [1.807, 2.05) is 0 Å². The summed E-state index contributed by atoms with van der Waals surface area (Å²) in [5.41, 5.74) is 1.48. The van der Waals surface area contributed by atoms with Crippen molar-refractivity contribution < 1.29 is 0 Å². The summed E-state index contributed by atoms with van der Waals surface area (Å²) in [4.78, 5) is 2.31. The number of benzene rings is 1. The van der Waals surface area contributed by atoms with Crippen molar-refractivity contribution in [1.29, 1.82) is 0 Å². The molecule has 1 N–H and O–H groups in total. The molecule has 1 aromatic carbocycles. The third-order valence-corrected chi connectivity index (χ3v) is 4.28. The van der Waals surface area contributed by atoms with Crippen molar-refractivity contribution in [1.82, 2.24) is 10.2 Å². The molecule has 100 valence electrons. The van der Waals surface area contributed by atoms with Crippen LogP contribution in [0.15, 0.2) is 28.7 Å². The molecule has 1 aromatic rings. The zero-order chi connectivity index (χ0) is 13.0. The van der Waals surface area contributed by atoms with Gasteiger partial charge < -0.3 is 10.2 Å². The SMILES string of the molecule is CN(C)CC(c1cccc(Br)c1)C1CCNCC1. The number of halogens is 1. The Bertz CT molecular complexity index is 373. The Kier molecular flexibility index (Phi) is 5.22. The summed E-state index contributed by atoms with van der Waals surface area (Å²) in [6.45, 7) is 3.48. The molecule has 0 bridgehead atoms. The average molecular weight is 311 g/mol. The lowest BCUT2D eigenvalue weighted by Gasteiger charge is -2.33. The number of piperidine rings is 1. The van der Waals surface area contributed by atoms with E-state index >= 15 is 0 Å². The van der Waals surface area contributed by atoms with Crippen molar-refractivity contribution in [2.45, 2.75) is 18.8 Å². The van der Waals surface area contributed by atoms with Crippen LogP contribution < -0.4 is 5.32 Å². The summed E-state index contributed by atoms with van der Waals surface area (Å²) in [6.07, 6.45) is 2.59. The molecule has 0 aliphatic carbocycles. The highest BCUT2D eigenvalue weighted by Crippen LogP contribution is 2.32. The Balaban J connectivity index is 2.18. The minimum Gasteiger partial charge on any atom is -0.317 e. The standard InChI is InChI=1S/C15H23BrN2/c1-18(2)11-15(12-6-8-17-9-7-12)13-4-3-5-14(16)10-13/h3-5,10,12,15,17H,6-9,11H2,1-2H3. The van der Waals surface area contributed by atoms with Gasteiger partial charge in [0.05, 0.1) is 0 Å². The van der Waals surface area contributed by atoms with Gasteiger partial charge in [-0.25, -0.2) is 0 Å². The lowest BCUT2D eigenvalue weighted by atomic mass is 9.80. The molecule has 0 saturated carbocycles. The molecule has 1 aliphatic rings. The maximum Gasteiger partial charge on any atom is 0.0178 e. The fraction of sp³-hybridized carbons (Fsp3) is 0.600. The lowest BCUT2D eigenvalue weighted by molar-refractivity contribution is 0.261. The van der Waals surface area contributed by atoms with Gasteiger partial charge in [0, 0.05) is 11.0 Å². The van der Waals surface area contributed by atoms with Crippen molar-refractivity contribution in [2.75, 3.05) is 33.7 Å². The highest BCUT2D eigenvalue weighted by molar-refractivity contribution is 9.10. The van der Waals surface area contributed by atoms with Gasteiger partial charge in [0.25, 0.3) is 0 Å². The van der Waals surface area contributed by atoms with Crippen LogP contribution in [0.2, 0.25) is 0 Å². The summed E-state index contributed by atoms with van der Waals surface area (Å²) in [7, 11) is 4.35. The number of hydrogen-bond donors (Lipinski definition) is 1. The summed E-state index contributed by atoms with van der Waals surface area (Å²) < 4.78 is 1.19. The zero-order valence-corrected chi connectivity index (χ0v) is 12.9. The third-order valence-electron chi connectivity index (χ3n) is 3.79. The molecule has 0 radical (unpaired) electrons. The molecule has 1 unspecified atom stereocenters. The largest absolute Gasteiger partial charge is 0.317 e. The second kappa shape index (κ2) is 6.69. The van der Waals surface area contributed by atoms with Crippen LogP contribution in [0.4, 0.5) is 0 Å². The van der Waals surface area contributed by atoms with Gasteiger partial charge in [-0.05, 0) is 69.6 Å². The van der Waals surface area contributed by atoms with Gasteiger partial charge in [-0.1, -0.05) is 28.1 Å². The van der Waals surface area contributed by atoms with Crippen LogP contribution in [-0.2, 0) is 0 Å². The highest BCUT2D eigenvalue weighted by Gasteiger charge is 2.25. The third kappa shape index (κ3) is 3.81. The minimum atomic E-state index is 0.652. The quantitative estimate of drug-likeness (QED) is 0.919. The van der Waals surface area contributed by atoms with Gasteiger partial charge in [-0.15, -0.1) is 0 Å². The van der Waals surface area contributed by atoms with Gasteiger partial charge in [0.1, 0.15) is 0 Å². The number of hydrogen-bond acceptors (Lipinski definition) is 2. The van der Waals surface area contributed by atoms with Gasteiger partial charge in [-0.2, -0.15) is 0 Å². The van der Waals surface area contributed by atoms with Crippen LogP contribution in [-0.4, -0.2) is 38.6 Å². The number of likely N-dealkylation sites (N-methyl/N-ethyl adjacent to an activating group) is 1. The van der Waals surface area contributed by atoms with E-state index in [1.165, 1.54) is 36.0 Å².